The molecule has 3 heterocycles. The topological polar surface area (TPSA) is 121 Å². The number of hydrazine groups is 1. The molecule has 9 heteroatoms. The lowest BCUT2D eigenvalue weighted by molar-refractivity contribution is -0.119. The Balaban J connectivity index is 1.56. The van der Waals surface area contributed by atoms with Gasteiger partial charge in [0.2, 0.25) is 5.91 Å². The van der Waals surface area contributed by atoms with Crippen molar-refractivity contribution in [3.63, 3.8) is 0 Å². The summed E-state index contributed by atoms with van der Waals surface area (Å²) in [5.74, 6) is 6.13. The number of H-pyrrole nitrogens is 1. The van der Waals surface area contributed by atoms with Gasteiger partial charge in [0, 0.05) is 41.7 Å². The summed E-state index contributed by atoms with van der Waals surface area (Å²) in [5.41, 5.74) is 6.62. The van der Waals surface area contributed by atoms with E-state index in [9.17, 15) is 9.59 Å². The van der Waals surface area contributed by atoms with Crippen LogP contribution in [0.1, 0.15) is 54.4 Å². The van der Waals surface area contributed by atoms with Crippen molar-refractivity contribution >= 4 is 34.6 Å². The number of benzene rings is 1. The van der Waals surface area contributed by atoms with E-state index in [2.05, 4.69) is 20.6 Å². The van der Waals surface area contributed by atoms with Crippen LogP contribution in [0, 0.1) is 5.92 Å². The predicted octanol–water partition coefficient (Wildman–Crippen LogP) is 2.82. The molecule has 5 rings (SSSR count). The Morgan fingerprint density at radius 3 is 2.84 bits per heavy atom. The maximum Gasteiger partial charge on any atom is 0.272 e. The van der Waals surface area contributed by atoms with Gasteiger partial charge in [-0.05, 0) is 30.9 Å². The van der Waals surface area contributed by atoms with Gasteiger partial charge in [-0.25, -0.2) is 16.3 Å². The quantitative estimate of drug-likeness (QED) is 0.342. The van der Waals surface area contributed by atoms with E-state index in [0.717, 1.165) is 35.0 Å². The maximum absolute atomic E-state index is 12.9. The largest absolute Gasteiger partial charge is 0.354 e. The van der Waals surface area contributed by atoms with Gasteiger partial charge in [0.1, 0.15) is 0 Å². The maximum atomic E-state index is 12.9. The third-order valence-electron chi connectivity index (χ3n) is 6.25. The van der Waals surface area contributed by atoms with Gasteiger partial charge in [-0.3, -0.25) is 14.3 Å². The van der Waals surface area contributed by atoms with Crippen LogP contribution in [0.3, 0.4) is 0 Å². The highest BCUT2D eigenvalue weighted by molar-refractivity contribution is 6.18. The molecule has 0 atom stereocenters. The SMILES string of the molecule is Cn1cc(-c2[nH]c3cc(N(N)C(=O)CC4CCCCC4)cc4c3c2C=NNC4=O)cn1. The second-order valence-electron chi connectivity index (χ2n) is 8.40. The summed E-state index contributed by atoms with van der Waals surface area (Å²) in [7, 11) is 1.84. The third-order valence-corrected chi connectivity index (χ3v) is 6.25. The molecule has 1 aliphatic carbocycles. The van der Waals surface area contributed by atoms with Crippen LogP contribution in [0.4, 0.5) is 5.69 Å². The van der Waals surface area contributed by atoms with Gasteiger partial charge < -0.3 is 4.98 Å². The van der Waals surface area contributed by atoms with Crippen molar-refractivity contribution in [2.45, 2.75) is 38.5 Å². The minimum absolute atomic E-state index is 0.136. The highest BCUT2D eigenvalue weighted by Crippen LogP contribution is 2.35. The number of aromatic amines is 1. The Morgan fingerprint density at radius 2 is 2.10 bits per heavy atom. The molecule has 1 saturated carbocycles. The van der Waals surface area contributed by atoms with Crippen molar-refractivity contribution in [2.24, 2.45) is 23.9 Å². The number of aryl methyl sites for hydroxylation is 1. The summed E-state index contributed by atoms with van der Waals surface area (Å²) in [4.78, 5) is 28.9. The molecule has 1 aliphatic heterocycles. The standard InChI is InChI=1S/C22H25N7O2/c1-28-12-14(10-25-28)21-17-11-24-27-22(31)16-8-15(9-18(26-21)20(16)17)29(23)19(30)7-13-5-3-2-4-6-13/h8-13,26H,2-7,23H2,1H3,(H,27,31). The van der Waals surface area contributed by atoms with Crippen LogP contribution < -0.4 is 16.3 Å². The summed E-state index contributed by atoms with van der Waals surface area (Å²) in [6.45, 7) is 0. The lowest BCUT2D eigenvalue weighted by atomic mass is 9.87. The minimum Gasteiger partial charge on any atom is -0.354 e. The fourth-order valence-electron chi connectivity index (χ4n) is 4.66. The lowest BCUT2D eigenvalue weighted by Gasteiger charge is -2.24. The van der Waals surface area contributed by atoms with E-state index in [1.165, 1.54) is 24.3 Å². The molecule has 2 aliphatic rings. The van der Waals surface area contributed by atoms with Gasteiger partial charge in [-0.15, -0.1) is 0 Å². The molecular weight excluding hydrogens is 394 g/mol. The number of hydrogen-bond acceptors (Lipinski definition) is 5. The molecule has 4 N–H and O–H groups in total. The highest BCUT2D eigenvalue weighted by atomic mass is 16.2. The second-order valence-corrected chi connectivity index (χ2v) is 8.40. The number of nitrogens with two attached hydrogens (primary N) is 1. The van der Waals surface area contributed by atoms with Gasteiger partial charge in [-0.2, -0.15) is 10.2 Å². The fraction of sp³-hybridized carbons (Fsp3) is 0.364. The summed E-state index contributed by atoms with van der Waals surface area (Å²) < 4.78 is 1.71. The predicted molar refractivity (Wildman–Crippen MR) is 118 cm³/mol. The number of carbonyl (C=O) groups is 2. The van der Waals surface area contributed by atoms with E-state index in [1.54, 1.807) is 23.2 Å². The average Bonchev–Trinajstić information content (AvgIpc) is 3.31. The van der Waals surface area contributed by atoms with Crippen molar-refractivity contribution in [1.29, 1.82) is 0 Å². The van der Waals surface area contributed by atoms with Crippen molar-refractivity contribution in [1.82, 2.24) is 20.2 Å². The molecule has 160 valence electrons. The van der Waals surface area contributed by atoms with Crippen molar-refractivity contribution in [3.8, 4) is 11.3 Å². The van der Waals surface area contributed by atoms with Gasteiger partial charge in [-0.1, -0.05) is 19.3 Å². The number of anilines is 1. The minimum atomic E-state index is -0.341. The average molecular weight is 419 g/mol. The van der Waals surface area contributed by atoms with Crippen molar-refractivity contribution in [2.75, 3.05) is 5.01 Å². The van der Waals surface area contributed by atoms with Crippen LogP contribution in [0.5, 0.6) is 0 Å². The molecule has 0 unspecified atom stereocenters. The van der Waals surface area contributed by atoms with Crippen LogP contribution in [0.2, 0.25) is 0 Å². The summed E-state index contributed by atoms with van der Waals surface area (Å²) >= 11 is 0. The second kappa shape index (κ2) is 7.66. The van der Waals surface area contributed by atoms with Crippen LogP contribution in [-0.4, -0.2) is 32.8 Å². The number of nitrogens with one attached hydrogen (secondary N) is 2. The molecule has 1 fully saturated rings. The molecule has 0 saturated heterocycles. The Kier molecular flexibility index (Phi) is 4.82. The van der Waals surface area contributed by atoms with Crippen LogP contribution in [-0.2, 0) is 11.8 Å². The van der Waals surface area contributed by atoms with Crippen LogP contribution >= 0.6 is 0 Å². The number of aromatic nitrogens is 3. The van der Waals surface area contributed by atoms with E-state index >= 15 is 0 Å². The lowest BCUT2D eigenvalue weighted by Crippen LogP contribution is -2.38. The Morgan fingerprint density at radius 1 is 1.29 bits per heavy atom. The van der Waals surface area contributed by atoms with Gasteiger partial charge >= 0.3 is 0 Å². The van der Waals surface area contributed by atoms with E-state index in [4.69, 9.17) is 5.84 Å². The smallest absolute Gasteiger partial charge is 0.272 e. The molecule has 1 aromatic carbocycles. The fourth-order valence-corrected chi connectivity index (χ4v) is 4.66. The van der Waals surface area contributed by atoms with Gasteiger partial charge in [0.25, 0.3) is 5.91 Å². The molecule has 9 nitrogen and oxygen atoms in total. The number of amides is 2. The number of hydrogen-bond donors (Lipinski definition) is 3. The summed E-state index contributed by atoms with van der Waals surface area (Å²) in [6, 6.07) is 3.48. The molecule has 0 bridgehead atoms. The Hall–Kier alpha value is -3.46. The van der Waals surface area contributed by atoms with E-state index < -0.39 is 0 Å². The first-order valence-corrected chi connectivity index (χ1v) is 10.6. The zero-order chi connectivity index (χ0) is 21.5. The van der Waals surface area contributed by atoms with Crippen LogP contribution in [0.25, 0.3) is 22.2 Å². The monoisotopic (exact) mass is 419 g/mol. The van der Waals surface area contributed by atoms with E-state index in [1.807, 2.05) is 19.3 Å². The zero-order valence-electron chi connectivity index (χ0n) is 17.4. The van der Waals surface area contributed by atoms with Crippen LogP contribution in [0.15, 0.2) is 29.6 Å². The molecule has 0 radical (unpaired) electrons. The van der Waals surface area contributed by atoms with E-state index in [-0.39, 0.29) is 11.8 Å². The molecule has 31 heavy (non-hydrogen) atoms. The number of nitrogens with zero attached hydrogens (tertiary/aromatic N) is 4. The van der Waals surface area contributed by atoms with Crippen molar-refractivity contribution in [3.05, 3.63) is 35.7 Å². The number of hydrazone groups is 1. The molecule has 2 amide bonds. The molecular formula is C22H25N7O2. The number of carbonyl (C=O) groups excluding carboxylic acids is 2. The van der Waals surface area contributed by atoms with Gasteiger partial charge in [0.05, 0.1) is 29.4 Å². The molecule has 3 aromatic rings. The van der Waals surface area contributed by atoms with Gasteiger partial charge in [0.15, 0.2) is 0 Å². The third kappa shape index (κ3) is 3.50. The zero-order valence-corrected chi connectivity index (χ0v) is 17.4. The normalized spacial score (nSPS) is 16.4. The summed E-state index contributed by atoms with van der Waals surface area (Å²) in [5, 5.41) is 10.2. The first-order chi connectivity index (χ1) is 15.0. The Bertz CT molecular complexity index is 1200. The van der Waals surface area contributed by atoms with E-state index in [0.29, 0.717) is 29.1 Å². The first kappa shape index (κ1) is 19.5. The number of rotatable bonds is 4. The highest BCUT2D eigenvalue weighted by Gasteiger charge is 2.25. The Labute approximate surface area is 179 Å². The molecule has 2 aromatic heterocycles. The first-order valence-electron chi connectivity index (χ1n) is 10.6. The summed E-state index contributed by atoms with van der Waals surface area (Å²) in [6.07, 6.45) is 11.4. The van der Waals surface area contributed by atoms with Crippen molar-refractivity contribution < 1.29 is 9.59 Å². The molecule has 0 spiro atoms.